The van der Waals surface area contributed by atoms with Crippen LogP contribution >= 0.6 is 0 Å². The van der Waals surface area contributed by atoms with Crippen molar-refractivity contribution in [2.75, 3.05) is 40.3 Å². The number of hydrogen-bond acceptors (Lipinski definition) is 4. The molecule has 2 aromatic rings. The van der Waals surface area contributed by atoms with Crippen LogP contribution in [0, 0.1) is 5.92 Å². The Morgan fingerprint density at radius 1 is 1.16 bits per heavy atom. The summed E-state index contributed by atoms with van der Waals surface area (Å²) in [5.74, 6) is 0.132. The minimum atomic E-state index is -0.0119. The monoisotopic (exact) mass is 425 g/mol. The first kappa shape index (κ1) is 23.0. The lowest BCUT2D eigenvalue weighted by Gasteiger charge is -2.31. The zero-order valence-electron chi connectivity index (χ0n) is 19.0. The van der Waals surface area contributed by atoms with E-state index in [4.69, 9.17) is 0 Å². The molecule has 0 bridgehead atoms. The minimum absolute atomic E-state index is 0.0119. The van der Waals surface area contributed by atoms with Gasteiger partial charge in [0, 0.05) is 32.1 Å². The SMILES string of the molecule is CCCc1c(C(=O)N2CCC(C(=O)NCCN(C)C)CC2)cnn1Cc1ccccc1. The molecule has 7 nitrogen and oxygen atoms in total. The lowest BCUT2D eigenvalue weighted by molar-refractivity contribution is -0.126. The van der Waals surface area contributed by atoms with E-state index in [1.807, 2.05) is 46.8 Å². The third kappa shape index (κ3) is 6.17. The Morgan fingerprint density at radius 3 is 2.52 bits per heavy atom. The molecule has 0 spiro atoms. The largest absolute Gasteiger partial charge is 0.355 e. The highest BCUT2D eigenvalue weighted by atomic mass is 16.2. The van der Waals surface area contributed by atoms with Gasteiger partial charge >= 0.3 is 0 Å². The number of hydrogen-bond donors (Lipinski definition) is 1. The molecule has 7 heteroatoms. The molecule has 1 fully saturated rings. The standard InChI is InChI=1S/C24H35N5O2/c1-4-8-22-21(17-26-29(22)18-19-9-6-5-7-10-19)24(31)28-14-11-20(12-15-28)23(30)25-13-16-27(2)3/h5-7,9-10,17,20H,4,8,11-16,18H2,1-3H3,(H,25,30). The van der Waals surface area contributed by atoms with Gasteiger partial charge in [0.25, 0.3) is 5.91 Å². The van der Waals surface area contributed by atoms with E-state index in [1.54, 1.807) is 6.20 Å². The van der Waals surface area contributed by atoms with Crippen molar-refractivity contribution in [1.82, 2.24) is 24.9 Å². The van der Waals surface area contributed by atoms with Crippen LogP contribution < -0.4 is 5.32 Å². The predicted octanol–water partition coefficient (Wildman–Crippen LogP) is 2.41. The van der Waals surface area contributed by atoms with Crippen molar-refractivity contribution in [2.24, 2.45) is 5.92 Å². The van der Waals surface area contributed by atoms with Crippen LogP contribution in [0.2, 0.25) is 0 Å². The number of amides is 2. The van der Waals surface area contributed by atoms with E-state index in [2.05, 4.69) is 29.5 Å². The average Bonchev–Trinajstić information content (AvgIpc) is 3.16. The van der Waals surface area contributed by atoms with Gasteiger partial charge in [-0.1, -0.05) is 43.7 Å². The Labute approximate surface area is 185 Å². The third-order valence-corrected chi connectivity index (χ3v) is 5.85. The molecule has 0 radical (unpaired) electrons. The fourth-order valence-corrected chi connectivity index (χ4v) is 4.04. The Bertz CT molecular complexity index is 854. The Kier molecular flexibility index (Phi) is 8.23. The molecular weight excluding hydrogens is 390 g/mol. The molecule has 3 rings (SSSR count). The first-order valence-electron chi connectivity index (χ1n) is 11.3. The Hall–Kier alpha value is -2.67. The molecule has 1 aromatic carbocycles. The Balaban J connectivity index is 1.61. The summed E-state index contributed by atoms with van der Waals surface area (Å²) in [7, 11) is 3.98. The number of nitrogens with zero attached hydrogens (tertiary/aromatic N) is 4. The molecule has 1 aliphatic heterocycles. The quantitative estimate of drug-likeness (QED) is 0.670. The number of nitrogens with one attached hydrogen (secondary N) is 1. The number of carbonyl (C=O) groups excluding carboxylic acids is 2. The van der Waals surface area contributed by atoms with Crippen LogP contribution in [0.3, 0.4) is 0 Å². The van der Waals surface area contributed by atoms with E-state index in [0.29, 0.717) is 44.6 Å². The van der Waals surface area contributed by atoms with E-state index in [9.17, 15) is 9.59 Å². The maximum atomic E-state index is 13.3. The molecule has 1 saturated heterocycles. The fraction of sp³-hybridized carbons (Fsp3) is 0.542. The molecule has 2 amide bonds. The van der Waals surface area contributed by atoms with Crippen LogP contribution in [0.1, 0.15) is 47.8 Å². The average molecular weight is 426 g/mol. The van der Waals surface area contributed by atoms with Gasteiger partial charge in [0.2, 0.25) is 5.91 Å². The van der Waals surface area contributed by atoms with Crippen LogP contribution in [-0.2, 0) is 17.8 Å². The summed E-state index contributed by atoms with van der Waals surface area (Å²) >= 11 is 0. The normalized spacial score (nSPS) is 14.8. The highest BCUT2D eigenvalue weighted by Gasteiger charge is 2.29. The van der Waals surface area contributed by atoms with Gasteiger partial charge in [0.1, 0.15) is 0 Å². The van der Waals surface area contributed by atoms with E-state index in [0.717, 1.165) is 25.1 Å². The zero-order chi connectivity index (χ0) is 22.2. The molecule has 0 aliphatic carbocycles. The molecule has 1 N–H and O–H groups in total. The summed E-state index contributed by atoms with van der Waals surface area (Å²) in [6.07, 6.45) is 4.91. The van der Waals surface area contributed by atoms with Crippen molar-refractivity contribution >= 4 is 11.8 Å². The van der Waals surface area contributed by atoms with E-state index >= 15 is 0 Å². The topological polar surface area (TPSA) is 70.5 Å². The Morgan fingerprint density at radius 2 is 1.87 bits per heavy atom. The number of carbonyl (C=O) groups is 2. The number of likely N-dealkylation sites (N-methyl/N-ethyl adjacent to an activating group) is 1. The summed E-state index contributed by atoms with van der Waals surface area (Å²) in [4.78, 5) is 29.6. The predicted molar refractivity (Wildman–Crippen MR) is 122 cm³/mol. The summed E-state index contributed by atoms with van der Waals surface area (Å²) < 4.78 is 1.96. The summed E-state index contributed by atoms with van der Waals surface area (Å²) in [6.45, 7) is 5.50. The third-order valence-electron chi connectivity index (χ3n) is 5.85. The smallest absolute Gasteiger partial charge is 0.257 e. The van der Waals surface area contributed by atoms with Crippen molar-refractivity contribution in [1.29, 1.82) is 0 Å². The lowest BCUT2D eigenvalue weighted by Crippen LogP contribution is -2.44. The molecule has 1 aromatic heterocycles. The van der Waals surface area contributed by atoms with E-state index in [-0.39, 0.29) is 17.7 Å². The molecule has 0 saturated carbocycles. The van der Waals surface area contributed by atoms with Crippen LogP contribution in [0.4, 0.5) is 0 Å². The van der Waals surface area contributed by atoms with Crippen LogP contribution in [0.15, 0.2) is 36.5 Å². The molecular formula is C24H35N5O2. The maximum absolute atomic E-state index is 13.3. The molecule has 1 aliphatic rings. The van der Waals surface area contributed by atoms with Gasteiger partial charge in [-0.25, -0.2) is 0 Å². The molecule has 31 heavy (non-hydrogen) atoms. The van der Waals surface area contributed by atoms with Gasteiger partial charge in [-0.3, -0.25) is 14.3 Å². The number of benzene rings is 1. The van der Waals surface area contributed by atoms with E-state index in [1.165, 1.54) is 5.56 Å². The first-order chi connectivity index (χ1) is 15.0. The minimum Gasteiger partial charge on any atom is -0.355 e. The molecule has 0 unspecified atom stereocenters. The van der Waals surface area contributed by atoms with Crippen LogP contribution in [-0.4, -0.2) is 71.7 Å². The van der Waals surface area contributed by atoms with Gasteiger partial charge in [0.05, 0.1) is 24.0 Å². The molecule has 2 heterocycles. The lowest BCUT2D eigenvalue weighted by atomic mass is 9.95. The number of piperidine rings is 1. The summed E-state index contributed by atoms with van der Waals surface area (Å²) in [5, 5.41) is 7.55. The van der Waals surface area contributed by atoms with Gasteiger partial charge in [0.15, 0.2) is 0 Å². The van der Waals surface area contributed by atoms with Crippen LogP contribution in [0.5, 0.6) is 0 Å². The highest BCUT2D eigenvalue weighted by Crippen LogP contribution is 2.22. The van der Waals surface area contributed by atoms with Crippen molar-refractivity contribution in [3.63, 3.8) is 0 Å². The summed E-state index contributed by atoms with van der Waals surface area (Å²) in [6, 6.07) is 10.2. The summed E-state index contributed by atoms with van der Waals surface area (Å²) in [5.41, 5.74) is 2.87. The fourth-order valence-electron chi connectivity index (χ4n) is 4.04. The van der Waals surface area contributed by atoms with Gasteiger partial charge < -0.3 is 15.1 Å². The molecule has 0 atom stereocenters. The van der Waals surface area contributed by atoms with E-state index < -0.39 is 0 Å². The number of likely N-dealkylation sites (tertiary alicyclic amines) is 1. The number of aromatic nitrogens is 2. The van der Waals surface area contributed by atoms with Crippen molar-refractivity contribution in [3.05, 3.63) is 53.3 Å². The van der Waals surface area contributed by atoms with Crippen molar-refractivity contribution in [2.45, 2.75) is 39.2 Å². The highest BCUT2D eigenvalue weighted by molar-refractivity contribution is 5.95. The van der Waals surface area contributed by atoms with Crippen LogP contribution in [0.25, 0.3) is 0 Å². The zero-order valence-corrected chi connectivity index (χ0v) is 19.0. The second-order valence-corrected chi connectivity index (χ2v) is 8.56. The second-order valence-electron chi connectivity index (χ2n) is 8.56. The van der Waals surface area contributed by atoms with Gasteiger partial charge in [-0.15, -0.1) is 0 Å². The molecule has 168 valence electrons. The van der Waals surface area contributed by atoms with Gasteiger partial charge in [-0.05, 0) is 38.9 Å². The van der Waals surface area contributed by atoms with Crippen molar-refractivity contribution < 1.29 is 9.59 Å². The van der Waals surface area contributed by atoms with Gasteiger partial charge in [-0.2, -0.15) is 5.10 Å². The van der Waals surface area contributed by atoms with Crippen molar-refractivity contribution in [3.8, 4) is 0 Å². The first-order valence-corrected chi connectivity index (χ1v) is 11.3. The second kappa shape index (κ2) is 11.1. The number of rotatable bonds is 9. The maximum Gasteiger partial charge on any atom is 0.257 e.